The zero-order valence-electron chi connectivity index (χ0n) is 16.9. The minimum atomic E-state index is -0.620. The van der Waals surface area contributed by atoms with Crippen LogP contribution in [0.15, 0.2) is 53.3 Å². The number of benzene rings is 2. The van der Waals surface area contributed by atoms with Gasteiger partial charge in [-0.1, -0.05) is 30.7 Å². The summed E-state index contributed by atoms with van der Waals surface area (Å²) >= 11 is 5.93. The van der Waals surface area contributed by atoms with Gasteiger partial charge in [0.25, 0.3) is 5.56 Å². The smallest absolute Gasteiger partial charge is 0.291 e. The van der Waals surface area contributed by atoms with Gasteiger partial charge in [0.05, 0.1) is 5.69 Å². The summed E-state index contributed by atoms with van der Waals surface area (Å²) in [6, 6.07) is 12.2. The van der Waals surface area contributed by atoms with E-state index in [2.05, 4.69) is 15.7 Å². The SMILES string of the molecule is CCC(=O)Nc1cc(-c2ccc(Cl)cc2)nn(CC(=O)Nc2ccc(F)cc2C)c1=O. The number of rotatable bonds is 6. The second kappa shape index (κ2) is 9.53. The molecule has 0 atom stereocenters. The lowest BCUT2D eigenvalue weighted by Gasteiger charge is -2.13. The molecule has 31 heavy (non-hydrogen) atoms. The third-order valence-electron chi connectivity index (χ3n) is 4.47. The van der Waals surface area contributed by atoms with Crippen molar-refractivity contribution in [2.75, 3.05) is 10.6 Å². The van der Waals surface area contributed by atoms with E-state index < -0.39 is 23.8 Å². The Morgan fingerprint density at radius 3 is 2.35 bits per heavy atom. The summed E-state index contributed by atoms with van der Waals surface area (Å²) in [5, 5.41) is 10.00. The van der Waals surface area contributed by atoms with Crippen LogP contribution in [0.1, 0.15) is 18.9 Å². The molecule has 0 aliphatic carbocycles. The number of anilines is 2. The number of aromatic nitrogens is 2. The molecule has 160 valence electrons. The number of hydrogen-bond donors (Lipinski definition) is 2. The molecule has 0 radical (unpaired) electrons. The molecule has 2 aromatic carbocycles. The summed E-state index contributed by atoms with van der Waals surface area (Å²) in [6.45, 7) is 2.92. The first-order valence-electron chi connectivity index (χ1n) is 9.50. The lowest BCUT2D eigenvalue weighted by atomic mass is 10.1. The predicted octanol–water partition coefficient (Wildman–Crippen LogP) is 4.00. The van der Waals surface area contributed by atoms with Crippen LogP contribution in [0.4, 0.5) is 15.8 Å². The van der Waals surface area contributed by atoms with Gasteiger partial charge in [-0.2, -0.15) is 5.10 Å². The van der Waals surface area contributed by atoms with Crippen molar-refractivity contribution in [1.82, 2.24) is 9.78 Å². The number of hydrogen-bond acceptors (Lipinski definition) is 4. The molecule has 0 spiro atoms. The largest absolute Gasteiger partial charge is 0.324 e. The molecule has 2 amide bonds. The van der Waals surface area contributed by atoms with E-state index >= 15 is 0 Å². The van der Waals surface area contributed by atoms with E-state index in [1.54, 1.807) is 38.1 Å². The highest BCUT2D eigenvalue weighted by atomic mass is 35.5. The number of carbonyl (C=O) groups excluding carboxylic acids is 2. The van der Waals surface area contributed by atoms with Crippen LogP contribution in [-0.2, 0) is 16.1 Å². The van der Waals surface area contributed by atoms with E-state index in [0.717, 1.165) is 4.68 Å². The van der Waals surface area contributed by atoms with E-state index in [1.165, 1.54) is 24.3 Å². The van der Waals surface area contributed by atoms with Gasteiger partial charge in [-0.05, 0) is 48.9 Å². The molecular formula is C22H20ClFN4O3. The fourth-order valence-corrected chi connectivity index (χ4v) is 2.96. The van der Waals surface area contributed by atoms with Crippen LogP contribution in [-0.4, -0.2) is 21.6 Å². The quantitative estimate of drug-likeness (QED) is 0.603. The van der Waals surface area contributed by atoms with Gasteiger partial charge in [0.2, 0.25) is 11.8 Å². The van der Waals surface area contributed by atoms with Gasteiger partial charge in [-0.15, -0.1) is 0 Å². The van der Waals surface area contributed by atoms with Gasteiger partial charge < -0.3 is 10.6 Å². The second-order valence-corrected chi connectivity index (χ2v) is 7.26. The molecule has 0 bridgehead atoms. The molecule has 1 aromatic heterocycles. The topological polar surface area (TPSA) is 93.1 Å². The molecule has 0 aliphatic rings. The molecule has 0 aliphatic heterocycles. The van der Waals surface area contributed by atoms with Crippen LogP contribution in [0, 0.1) is 12.7 Å². The highest BCUT2D eigenvalue weighted by Crippen LogP contribution is 2.21. The first kappa shape index (κ1) is 22.2. The van der Waals surface area contributed by atoms with Crippen molar-refractivity contribution < 1.29 is 14.0 Å². The van der Waals surface area contributed by atoms with E-state index in [0.29, 0.717) is 27.5 Å². The van der Waals surface area contributed by atoms with Gasteiger partial charge in [0, 0.05) is 22.7 Å². The van der Waals surface area contributed by atoms with E-state index in [-0.39, 0.29) is 18.0 Å². The molecule has 0 saturated carbocycles. The van der Waals surface area contributed by atoms with Crippen molar-refractivity contribution in [3.63, 3.8) is 0 Å². The molecule has 0 fully saturated rings. The average molecular weight is 443 g/mol. The van der Waals surface area contributed by atoms with Crippen molar-refractivity contribution in [3.05, 3.63) is 75.3 Å². The Labute approximate surface area is 182 Å². The third-order valence-corrected chi connectivity index (χ3v) is 4.72. The second-order valence-electron chi connectivity index (χ2n) is 6.82. The summed E-state index contributed by atoms with van der Waals surface area (Å²) in [5.41, 5.74) is 1.39. The van der Waals surface area contributed by atoms with Gasteiger partial charge >= 0.3 is 0 Å². The molecule has 3 rings (SSSR count). The Bertz CT molecular complexity index is 1190. The van der Waals surface area contributed by atoms with Crippen LogP contribution in [0.5, 0.6) is 0 Å². The maximum atomic E-state index is 13.3. The molecule has 7 nitrogen and oxygen atoms in total. The molecular weight excluding hydrogens is 423 g/mol. The van der Waals surface area contributed by atoms with Crippen molar-refractivity contribution in [2.45, 2.75) is 26.8 Å². The standard InChI is InChI=1S/C22H20ClFN4O3/c1-3-20(29)26-19-11-18(14-4-6-15(23)7-5-14)27-28(22(19)31)12-21(30)25-17-9-8-16(24)10-13(17)2/h4-11H,3,12H2,1-2H3,(H,25,30)(H,26,29). The van der Waals surface area contributed by atoms with Crippen LogP contribution in [0.25, 0.3) is 11.3 Å². The lowest BCUT2D eigenvalue weighted by Crippen LogP contribution is -2.32. The van der Waals surface area contributed by atoms with E-state index in [4.69, 9.17) is 11.6 Å². The first-order valence-corrected chi connectivity index (χ1v) is 9.88. The minimum absolute atomic E-state index is 0.0116. The normalized spacial score (nSPS) is 10.6. The van der Waals surface area contributed by atoms with Crippen molar-refractivity contribution in [1.29, 1.82) is 0 Å². The molecule has 9 heteroatoms. The zero-order chi connectivity index (χ0) is 22.5. The van der Waals surface area contributed by atoms with E-state index in [9.17, 15) is 18.8 Å². The highest BCUT2D eigenvalue weighted by molar-refractivity contribution is 6.30. The van der Waals surface area contributed by atoms with Crippen molar-refractivity contribution in [3.8, 4) is 11.3 Å². The third kappa shape index (κ3) is 5.55. The lowest BCUT2D eigenvalue weighted by molar-refractivity contribution is -0.117. The summed E-state index contributed by atoms with van der Waals surface area (Å²) in [4.78, 5) is 37.2. The molecule has 0 saturated heterocycles. The zero-order valence-corrected chi connectivity index (χ0v) is 17.7. The Hall–Kier alpha value is -3.52. The fraction of sp³-hybridized carbons (Fsp3) is 0.182. The summed E-state index contributed by atoms with van der Waals surface area (Å²) in [6.07, 6.45) is 0.183. The van der Waals surface area contributed by atoms with Crippen LogP contribution in [0.2, 0.25) is 5.02 Å². The number of halogens is 2. The molecule has 2 N–H and O–H groups in total. The summed E-state index contributed by atoms with van der Waals surface area (Å²) in [5.74, 6) is -1.28. The Balaban J connectivity index is 1.95. The predicted molar refractivity (Wildman–Crippen MR) is 118 cm³/mol. The van der Waals surface area contributed by atoms with Crippen molar-refractivity contribution in [2.24, 2.45) is 0 Å². The first-order chi connectivity index (χ1) is 14.8. The molecule has 1 heterocycles. The molecule has 3 aromatic rings. The maximum absolute atomic E-state index is 13.3. The number of nitrogens with one attached hydrogen (secondary N) is 2. The number of carbonyl (C=O) groups is 2. The maximum Gasteiger partial charge on any atom is 0.291 e. The van der Waals surface area contributed by atoms with Gasteiger partial charge in [-0.3, -0.25) is 14.4 Å². The highest BCUT2D eigenvalue weighted by Gasteiger charge is 2.15. The van der Waals surface area contributed by atoms with E-state index in [1.807, 2.05) is 0 Å². The van der Waals surface area contributed by atoms with Gasteiger partial charge in [-0.25, -0.2) is 9.07 Å². The van der Waals surface area contributed by atoms with Crippen molar-refractivity contribution >= 4 is 34.8 Å². The van der Waals surface area contributed by atoms with Gasteiger partial charge in [0.1, 0.15) is 18.0 Å². The Morgan fingerprint density at radius 2 is 1.71 bits per heavy atom. The number of nitrogens with zero attached hydrogens (tertiary/aromatic N) is 2. The number of amides is 2. The summed E-state index contributed by atoms with van der Waals surface area (Å²) < 4.78 is 14.3. The Morgan fingerprint density at radius 1 is 1.03 bits per heavy atom. The fourth-order valence-electron chi connectivity index (χ4n) is 2.83. The van der Waals surface area contributed by atoms with Crippen LogP contribution < -0.4 is 16.2 Å². The number of aryl methyl sites for hydroxylation is 1. The van der Waals surface area contributed by atoms with Gasteiger partial charge in [0.15, 0.2) is 0 Å². The minimum Gasteiger partial charge on any atom is -0.324 e. The monoisotopic (exact) mass is 442 g/mol. The van der Waals surface area contributed by atoms with Crippen LogP contribution in [0.3, 0.4) is 0 Å². The van der Waals surface area contributed by atoms with Crippen LogP contribution >= 0.6 is 11.6 Å². The summed E-state index contributed by atoms with van der Waals surface area (Å²) in [7, 11) is 0. The molecule has 0 unspecified atom stereocenters. The Kier molecular flexibility index (Phi) is 6.81. The average Bonchev–Trinajstić information content (AvgIpc) is 2.73.